The second-order valence-electron chi connectivity index (χ2n) is 10.4. The van der Waals surface area contributed by atoms with Crippen molar-refractivity contribution in [3.05, 3.63) is 144 Å². The maximum Gasteiger partial charge on any atom is 0.332 e. The number of carbonyl (C=O) groups is 1. The number of esters is 1. The largest absolute Gasteiger partial charge is 0.458 e. The summed E-state index contributed by atoms with van der Waals surface area (Å²) in [5, 5.41) is 1.06. The SMILES string of the molecule is CC(C)(C)OC(=O)[C@@H](N=C(c1ccccc1)c1ccccc1)[C@@H](c1ccccc1)c1c[nH]c2ccccc12. The Bertz CT molecular complexity index is 1490. The summed E-state index contributed by atoms with van der Waals surface area (Å²) >= 11 is 0. The zero-order valence-electron chi connectivity index (χ0n) is 22.0. The molecule has 1 N–H and O–H groups in total. The van der Waals surface area contributed by atoms with Crippen molar-refractivity contribution < 1.29 is 9.53 Å². The van der Waals surface area contributed by atoms with Crippen LogP contribution in [0.5, 0.6) is 0 Å². The molecule has 0 bridgehead atoms. The molecule has 0 aliphatic rings. The fourth-order valence-electron chi connectivity index (χ4n) is 4.82. The third kappa shape index (κ3) is 5.60. The Balaban J connectivity index is 1.77. The number of fused-ring (bicyclic) bond motifs is 1. The molecule has 0 aliphatic carbocycles. The number of hydrogen-bond acceptors (Lipinski definition) is 3. The number of hydrogen-bond donors (Lipinski definition) is 1. The average Bonchev–Trinajstić information content (AvgIpc) is 3.35. The molecule has 38 heavy (non-hydrogen) atoms. The van der Waals surface area contributed by atoms with Crippen LogP contribution in [-0.4, -0.2) is 28.3 Å². The van der Waals surface area contributed by atoms with E-state index in [1.807, 2.05) is 124 Å². The number of aromatic amines is 1. The number of rotatable bonds is 7. The van der Waals surface area contributed by atoms with Gasteiger partial charge in [-0.25, -0.2) is 4.79 Å². The molecular weight excluding hydrogens is 468 g/mol. The average molecular weight is 501 g/mol. The van der Waals surface area contributed by atoms with Crippen molar-refractivity contribution in [2.45, 2.75) is 38.3 Å². The zero-order chi connectivity index (χ0) is 26.5. The van der Waals surface area contributed by atoms with Gasteiger partial charge < -0.3 is 9.72 Å². The standard InChI is InChI=1S/C34H32N2O2/c1-34(2,3)38-33(37)32(36-31(25-17-9-5-10-18-25)26-19-11-6-12-20-26)30(24-15-7-4-8-16-24)28-23-35-29-22-14-13-21-27(28)29/h4-23,30,32,35H,1-3H3/t30-,32-/m0/s1. The quantitative estimate of drug-likeness (QED) is 0.185. The normalized spacial score (nSPS) is 13.0. The number of benzene rings is 4. The molecule has 190 valence electrons. The van der Waals surface area contributed by atoms with E-state index >= 15 is 0 Å². The van der Waals surface area contributed by atoms with Gasteiger partial charge >= 0.3 is 5.97 Å². The molecule has 0 fully saturated rings. The van der Waals surface area contributed by atoms with Crippen molar-refractivity contribution in [2.24, 2.45) is 4.99 Å². The lowest BCUT2D eigenvalue weighted by molar-refractivity contribution is -0.156. The van der Waals surface area contributed by atoms with Gasteiger partial charge in [-0.05, 0) is 38.0 Å². The Morgan fingerprint density at radius 2 is 1.26 bits per heavy atom. The first-order chi connectivity index (χ1) is 18.4. The molecule has 0 radical (unpaired) electrons. The first-order valence-electron chi connectivity index (χ1n) is 12.9. The van der Waals surface area contributed by atoms with E-state index in [1.54, 1.807) is 0 Å². The van der Waals surface area contributed by atoms with Crippen molar-refractivity contribution in [2.75, 3.05) is 0 Å². The lowest BCUT2D eigenvalue weighted by atomic mass is 9.84. The van der Waals surface area contributed by atoms with Gasteiger partial charge in [-0.1, -0.05) is 109 Å². The topological polar surface area (TPSA) is 54.4 Å². The Labute approximate surface area is 224 Å². The minimum atomic E-state index is -0.828. The Morgan fingerprint density at radius 3 is 1.84 bits per heavy atom. The van der Waals surface area contributed by atoms with E-state index in [0.29, 0.717) is 0 Å². The third-order valence-corrected chi connectivity index (χ3v) is 6.44. The molecule has 0 aliphatic heterocycles. The van der Waals surface area contributed by atoms with Gasteiger partial charge in [0.05, 0.1) is 5.71 Å². The third-order valence-electron chi connectivity index (χ3n) is 6.44. The number of aromatic nitrogens is 1. The van der Waals surface area contributed by atoms with Gasteiger partial charge in [-0.15, -0.1) is 0 Å². The van der Waals surface area contributed by atoms with Crippen molar-refractivity contribution in [1.29, 1.82) is 0 Å². The van der Waals surface area contributed by atoms with Gasteiger partial charge in [0.2, 0.25) is 0 Å². The molecule has 4 aromatic carbocycles. The highest BCUT2D eigenvalue weighted by molar-refractivity contribution is 6.13. The van der Waals surface area contributed by atoms with Crippen molar-refractivity contribution in [3.8, 4) is 0 Å². The molecule has 0 saturated carbocycles. The van der Waals surface area contributed by atoms with Gasteiger partial charge in [-0.3, -0.25) is 4.99 Å². The van der Waals surface area contributed by atoms with Crippen LogP contribution in [-0.2, 0) is 9.53 Å². The predicted octanol–water partition coefficient (Wildman–Crippen LogP) is 7.55. The van der Waals surface area contributed by atoms with Gasteiger partial charge in [0.1, 0.15) is 5.60 Å². The fraction of sp³-hybridized carbons (Fsp3) is 0.176. The Morgan fingerprint density at radius 1 is 0.737 bits per heavy atom. The van der Waals surface area contributed by atoms with Gasteiger partial charge in [0, 0.05) is 34.1 Å². The van der Waals surface area contributed by atoms with Crippen molar-refractivity contribution >= 4 is 22.6 Å². The highest BCUT2D eigenvalue weighted by atomic mass is 16.6. The number of ether oxygens (including phenoxy) is 1. The van der Waals surface area contributed by atoms with Crippen molar-refractivity contribution in [3.63, 3.8) is 0 Å². The molecular formula is C34H32N2O2. The van der Waals surface area contributed by atoms with Crippen LogP contribution in [0.1, 0.15) is 48.9 Å². The highest BCUT2D eigenvalue weighted by Crippen LogP contribution is 2.36. The summed E-state index contributed by atoms with van der Waals surface area (Å²) in [5.41, 5.74) is 5.00. The van der Waals surface area contributed by atoms with E-state index in [0.717, 1.165) is 38.9 Å². The maximum absolute atomic E-state index is 14.1. The van der Waals surface area contributed by atoms with Gasteiger partial charge in [0.15, 0.2) is 6.04 Å². The van der Waals surface area contributed by atoms with E-state index in [4.69, 9.17) is 9.73 Å². The molecule has 0 spiro atoms. The van der Waals surface area contributed by atoms with Gasteiger partial charge in [-0.2, -0.15) is 0 Å². The first kappa shape index (κ1) is 25.2. The highest BCUT2D eigenvalue weighted by Gasteiger charge is 2.36. The number of H-pyrrole nitrogens is 1. The fourth-order valence-corrected chi connectivity index (χ4v) is 4.82. The molecule has 5 aromatic rings. The number of carbonyl (C=O) groups excluding carboxylic acids is 1. The van der Waals surface area contributed by atoms with Crippen LogP contribution in [0.3, 0.4) is 0 Å². The summed E-state index contributed by atoms with van der Waals surface area (Å²) in [6.07, 6.45) is 2.00. The maximum atomic E-state index is 14.1. The number of para-hydroxylation sites is 1. The molecule has 4 heteroatoms. The number of nitrogens with zero attached hydrogens (tertiary/aromatic N) is 1. The Kier molecular flexibility index (Phi) is 7.23. The summed E-state index contributed by atoms with van der Waals surface area (Å²) in [6, 6.07) is 37.5. The summed E-state index contributed by atoms with van der Waals surface area (Å²) in [7, 11) is 0. The van der Waals surface area contributed by atoms with Crippen molar-refractivity contribution in [1.82, 2.24) is 4.98 Å². The van der Waals surface area contributed by atoms with E-state index in [2.05, 4.69) is 23.2 Å². The minimum absolute atomic E-state index is 0.360. The van der Waals surface area contributed by atoms with Gasteiger partial charge in [0.25, 0.3) is 0 Å². The molecule has 0 saturated heterocycles. The van der Waals surface area contributed by atoms with Crippen LogP contribution in [0.4, 0.5) is 0 Å². The summed E-state index contributed by atoms with van der Waals surface area (Å²) in [6.45, 7) is 5.68. The van der Waals surface area contributed by atoms with E-state index in [9.17, 15) is 4.79 Å². The van der Waals surface area contributed by atoms with Crippen LogP contribution in [0.15, 0.2) is 126 Å². The Hall–Kier alpha value is -4.44. The number of aliphatic imine (C=N–C) groups is 1. The molecule has 0 amide bonds. The smallest absolute Gasteiger partial charge is 0.332 e. The molecule has 4 nitrogen and oxygen atoms in total. The van der Waals surface area contributed by atoms with Crippen LogP contribution in [0, 0.1) is 0 Å². The molecule has 5 rings (SSSR count). The predicted molar refractivity (Wildman–Crippen MR) is 155 cm³/mol. The minimum Gasteiger partial charge on any atom is -0.458 e. The van der Waals surface area contributed by atoms with Crippen LogP contribution >= 0.6 is 0 Å². The van der Waals surface area contributed by atoms with E-state index < -0.39 is 11.6 Å². The number of nitrogens with one attached hydrogen (secondary N) is 1. The first-order valence-corrected chi connectivity index (χ1v) is 12.9. The summed E-state index contributed by atoms with van der Waals surface area (Å²) < 4.78 is 6.03. The second-order valence-corrected chi connectivity index (χ2v) is 10.4. The monoisotopic (exact) mass is 500 g/mol. The lowest BCUT2D eigenvalue weighted by Gasteiger charge is -2.28. The van der Waals surface area contributed by atoms with Crippen LogP contribution in [0.2, 0.25) is 0 Å². The molecule has 1 aromatic heterocycles. The zero-order valence-corrected chi connectivity index (χ0v) is 22.0. The molecule has 2 atom stereocenters. The summed E-state index contributed by atoms with van der Waals surface area (Å²) in [4.78, 5) is 22.7. The lowest BCUT2D eigenvalue weighted by Crippen LogP contribution is -2.36. The molecule has 0 unspecified atom stereocenters. The second kappa shape index (κ2) is 10.9. The summed E-state index contributed by atoms with van der Waals surface area (Å²) in [5.74, 6) is -0.731. The van der Waals surface area contributed by atoms with Crippen LogP contribution < -0.4 is 0 Å². The van der Waals surface area contributed by atoms with E-state index in [-0.39, 0.29) is 11.9 Å². The van der Waals surface area contributed by atoms with Crippen LogP contribution in [0.25, 0.3) is 10.9 Å². The molecule has 1 heterocycles. The van der Waals surface area contributed by atoms with E-state index in [1.165, 1.54) is 0 Å².